The molecule has 0 aliphatic carbocycles. The average Bonchev–Trinajstić information content (AvgIpc) is 2.69. The van der Waals surface area contributed by atoms with Crippen LogP contribution >= 0.6 is 0 Å². The lowest BCUT2D eigenvalue weighted by molar-refractivity contribution is 0.247. The fraction of sp³-hybridized carbons (Fsp3) is 0.375. The van der Waals surface area contributed by atoms with Gasteiger partial charge in [-0.1, -0.05) is 18.2 Å². The summed E-state index contributed by atoms with van der Waals surface area (Å²) in [5.41, 5.74) is 4.94. The van der Waals surface area contributed by atoms with Crippen LogP contribution in [0.1, 0.15) is 35.3 Å². The van der Waals surface area contributed by atoms with E-state index in [1.807, 2.05) is 26.0 Å². The Morgan fingerprint density at radius 3 is 2.60 bits per heavy atom. The van der Waals surface area contributed by atoms with Gasteiger partial charge in [-0.25, -0.2) is 0 Å². The van der Waals surface area contributed by atoms with Crippen LogP contribution in [0, 0.1) is 25.2 Å². The van der Waals surface area contributed by atoms with Crippen LogP contribution in [0.15, 0.2) is 36.4 Å². The van der Waals surface area contributed by atoms with Gasteiger partial charge in [0.15, 0.2) is 5.82 Å². The van der Waals surface area contributed by atoms with Crippen molar-refractivity contribution in [1.82, 2.24) is 15.1 Å². The van der Waals surface area contributed by atoms with E-state index in [1.165, 1.54) is 5.69 Å². The average molecular weight is 401 g/mol. The number of hydrogen-bond donors (Lipinski definition) is 1. The van der Waals surface area contributed by atoms with Crippen molar-refractivity contribution < 1.29 is 0 Å². The molecule has 0 unspecified atom stereocenters. The molecule has 1 saturated heterocycles. The second-order valence-electron chi connectivity index (χ2n) is 8.38. The van der Waals surface area contributed by atoms with Crippen LogP contribution in [0.2, 0.25) is 0 Å². The van der Waals surface area contributed by atoms with Gasteiger partial charge in [-0.15, -0.1) is 5.10 Å². The van der Waals surface area contributed by atoms with Gasteiger partial charge in [0.2, 0.25) is 0 Å². The van der Waals surface area contributed by atoms with Crippen LogP contribution in [0.5, 0.6) is 0 Å². The van der Waals surface area contributed by atoms with Crippen molar-refractivity contribution in [2.45, 2.75) is 32.9 Å². The number of anilines is 2. The lowest BCUT2D eigenvalue weighted by atomic mass is 9.98. The van der Waals surface area contributed by atoms with E-state index in [4.69, 9.17) is 0 Å². The molecule has 0 bridgehead atoms. The number of nitriles is 1. The standard InChI is InChI=1S/C24H28N6/c1-15-18(12-25)7-6-8-21(15)16(2)26-24-23-11-19(30-13-20(14-30)29(4)5)9-10-22(23)17(3)27-28-24/h6-11,16,20H,13-14H2,1-5H3,(H,26,28)/t16-/m1/s1. The van der Waals surface area contributed by atoms with Crippen LogP contribution in [-0.4, -0.2) is 48.3 Å². The summed E-state index contributed by atoms with van der Waals surface area (Å²) < 4.78 is 0. The van der Waals surface area contributed by atoms with Crippen LogP contribution in [-0.2, 0) is 0 Å². The number of aromatic nitrogens is 2. The Morgan fingerprint density at radius 1 is 1.13 bits per heavy atom. The largest absolute Gasteiger partial charge is 0.368 e. The van der Waals surface area contributed by atoms with E-state index >= 15 is 0 Å². The number of likely N-dealkylation sites (N-methyl/N-ethyl adjacent to an activating group) is 1. The Labute approximate surface area is 178 Å². The van der Waals surface area contributed by atoms with Gasteiger partial charge >= 0.3 is 0 Å². The molecule has 1 aromatic heterocycles. The van der Waals surface area contributed by atoms with E-state index in [1.54, 1.807) is 0 Å². The maximum Gasteiger partial charge on any atom is 0.157 e. The number of aryl methyl sites for hydroxylation is 1. The minimum Gasteiger partial charge on any atom is -0.368 e. The van der Waals surface area contributed by atoms with Crippen LogP contribution in [0.25, 0.3) is 10.8 Å². The third-order valence-corrected chi connectivity index (χ3v) is 6.22. The Bertz CT molecular complexity index is 1120. The summed E-state index contributed by atoms with van der Waals surface area (Å²) >= 11 is 0. The molecule has 6 heteroatoms. The third kappa shape index (κ3) is 3.57. The zero-order chi connectivity index (χ0) is 21.4. The summed E-state index contributed by atoms with van der Waals surface area (Å²) in [5.74, 6) is 0.774. The minimum atomic E-state index is 0.00397. The first-order chi connectivity index (χ1) is 14.4. The van der Waals surface area contributed by atoms with Gasteiger partial charge in [-0.2, -0.15) is 10.4 Å². The molecule has 2 aromatic carbocycles. The van der Waals surface area contributed by atoms with E-state index in [2.05, 4.69) is 76.7 Å². The molecule has 2 heterocycles. The number of benzene rings is 2. The first-order valence-corrected chi connectivity index (χ1v) is 10.3. The van der Waals surface area contributed by atoms with E-state index in [-0.39, 0.29) is 6.04 Å². The molecule has 0 radical (unpaired) electrons. The van der Waals surface area contributed by atoms with Crippen molar-refractivity contribution in [1.29, 1.82) is 5.26 Å². The molecule has 0 amide bonds. The molecular weight excluding hydrogens is 372 g/mol. The Hall–Kier alpha value is -3.17. The molecule has 1 aliphatic rings. The summed E-state index contributed by atoms with van der Waals surface area (Å²) in [7, 11) is 4.27. The van der Waals surface area contributed by atoms with Gasteiger partial charge in [-0.3, -0.25) is 0 Å². The molecule has 4 rings (SSSR count). The second kappa shape index (κ2) is 7.92. The predicted molar refractivity (Wildman–Crippen MR) is 122 cm³/mol. The van der Waals surface area contributed by atoms with Gasteiger partial charge in [0, 0.05) is 35.6 Å². The Balaban J connectivity index is 1.66. The second-order valence-corrected chi connectivity index (χ2v) is 8.38. The summed E-state index contributed by atoms with van der Waals surface area (Å²) in [6, 6.07) is 15.3. The maximum atomic E-state index is 9.35. The summed E-state index contributed by atoms with van der Waals surface area (Å²) in [6.45, 7) is 8.16. The van der Waals surface area contributed by atoms with E-state index in [0.29, 0.717) is 11.6 Å². The highest BCUT2D eigenvalue weighted by Gasteiger charge is 2.28. The molecule has 0 spiro atoms. The van der Waals surface area contributed by atoms with Crippen molar-refractivity contribution >= 4 is 22.3 Å². The topological polar surface area (TPSA) is 68.1 Å². The van der Waals surface area contributed by atoms with E-state index < -0.39 is 0 Å². The first kappa shape index (κ1) is 20.1. The number of rotatable bonds is 5. The van der Waals surface area contributed by atoms with Crippen LogP contribution in [0.4, 0.5) is 11.5 Å². The zero-order valence-corrected chi connectivity index (χ0v) is 18.3. The normalized spacial score (nSPS) is 15.2. The van der Waals surface area contributed by atoms with Gasteiger partial charge in [0.1, 0.15) is 0 Å². The Morgan fingerprint density at radius 2 is 1.90 bits per heavy atom. The third-order valence-electron chi connectivity index (χ3n) is 6.22. The zero-order valence-electron chi connectivity index (χ0n) is 18.3. The summed E-state index contributed by atoms with van der Waals surface area (Å²) in [6.07, 6.45) is 0. The highest BCUT2D eigenvalue weighted by Crippen LogP contribution is 2.32. The van der Waals surface area contributed by atoms with Gasteiger partial charge < -0.3 is 15.1 Å². The number of nitrogens with one attached hydrogen (secondary N) is 1. The summed E-state index contributed by atoms with van der Waals surface area (Å²) in [5, 5.41) is 23.9. The molecule has 1 fully saturated rings. The fourth-order valence-corrected chi connectivity index (χ4v) is 4.10. The fourth-order valence-electron chi connectivity index (χ4n) is 4.10. The van der Waals surface area contributed by atoms with E-state index in [0.717, 1.165) is 46.5 Å². The monoisotopic (exact) mass is 400 g/mol. The van der Waals surface area contributed by atoms with E-state index in [9.17, 15) is 5.26 Å². The lowest BCUT2D eigenvalue weighted by Crippen LogP contribution is -2.57. The SMILES string of the molecule is Cc1c(C#N)cccc1[C@@H](C)Nc1nnc(C)c2ccc(N3CC(N(C)C)C3)cc12. The highest BCUT2D eigenvalue weighted by molar-refractivity contribution is 5.95. The minimum absolute atomic E-state index is 0.00397. The van der Waals surface area contributed by atoms with Crippen LogP contribution < -0.4 is 10.2 Å². The maximum absolute atomic E-state index is 9.35. The van der Waals surface area contributed by atoms with Crippen molar-refractivity contribution in [2.75, 3.05) is 37.4 Å². The van der Waals surface area contributed by atoms with Crippen molar-refractivity contribution in [2.24, 2.45) is 0 Å². The molecular formula is C24H28N6. The molecule has 1 atom stereocenters. The first-order valence-electron chi connectivity index (χ1n) is 10.3. The predicted octanol–water partition coefficient (Wildman–Crippen LogP) is 4.04. The molecule has 0 saturated carbocycles. The number of fused-ring (bicyclic) bond motifs is 1. The van der Waals surface area contributed by atoms with Gasteiger partial charge in [0.05, 0.1) is 23.4 Å². The van der Waals surface area contributed by atoms with Crippen molar-refractivity contribution in [3.05, 3.63) is 58.8 Å². The Kier molecular flexibility index (Phi) is 5.31. The summed E-state index contributed by atoms with van der Waals surface area (Å²) in [4.78, 5) is 4.67. The molecule has 154 valence electrons. The quantitative estimate of drug-likeness (QED) is 0.697. The molecule has 6 nitrogen and oxygen atoms in total. The molecule has 3 aromatic rings. The van der Waals surface area contributed by atoms with Crippen molar-refractivity contribution in [3.63, 3.8) is 0 Å². The molecule has 1 N–H and O–H groups in total. The van der Waals surface area contributed by atoms with Crippen molar-refractivity contribution in [3.8, 4) is 6.07 Å². The molecule has 30 heavy (non-hydrogen) atoms. The van der Waals surface area contributed by atoms with Crippen LogP contribution in [0.3, 0.4) is 0 Å². The number of hydrogen-bond acceptors (Lipinski definition) is 6. The van der Waals surface area contributed by atoms with Gasteiger partial charge in [0.25, 0.3) is 0 Å². The lowest BCUT2D eigenvalue weighted by Gasteiger charge is -2.44. The molecule has 1 aliphatic heterocycles. The smallest absolute Gasteiger partial charge is 0.157 e. The number of nitrogens with zero attached hydrogens (tertiary/aromatic N) is 5. The highest BCUT2D eigenvalue weighted by atomic mass is 15.3. The van der Waals surface area contributed by atoms with Gasteiger partial charge in [-0.05, 0) is 64.2 Å².